The van der Waals surface area contributed by atoms with Crippen LogP contribution in [0.1, 0.15) is 40.7 Å². The smallest absolute Gasteiger partial charge is 0.230 e. The average Bonchev–Trinajstić information content (AvgIpc) is 2.31. The zero-order valence-corrected chi connectivity index (χ0v) is 13.5. The largest absolute Gasteiger partial charge is 0.504 e. The van der Waals surface area contributed by atoms with Gasteiger partial charge in [-0.05, 0) is 26.0 Å². The molecule has 0 aliphatic rings. The lowest BCUT2D eigenvalue weighted by atomic mass is 10.1. The van der Waals surface area contributed by atoms with Crippen molar-refractivity contribution in [2.75, 3.05) is 0 Å². The van der Waals surface area contributed by atoms with E-state index in [1.54, 1.807) is 18.0 Å². The molecular formula is C16H22NO2S+. The molecule has 1 aromatic carbocycles. The van der Waals surface area contributed by atoms with Gasteiger partial charge in [-0.1, -0.05) is 26.8 Å². The fourth-order valence-corrected chi connectivity index (χ4v) is 3.31. The first-order valence-electron chi connectivity index (χ1n) is 6.78. The van der Waals surface area contributed by atoms with Crippen molar-refractivity contribution in [1.29, 1.82) is 0 Å². The van der Waals surface area contributed by atoms with Gasteiger partial charge in [0.05, 0.1) is 10.3 Å². The van der Waals surface area contributed by atoms with Crippen LogP contribution in [0.3, 0.4) is 0 Å². The monoisotopic (exact) mass is 292 g/mol. The van der Waals surface area contributed by atoms with Gasteiger partial charge in [0.15, 0.2) is 11.8 Å². The van der Waals surface area contributed by atoms with E-state index in [1.165, 1.54) is 0 Å². The van der Waals surface area contributed by atoms with E-state index in [0.29, 0.717) is 5.39 Å². The van der Waals surface area contributed by atoms with Crippen molar-refractivity contribution < 1.29 is 14.8 Å². The second-order valence-electron chi connectivity index (χ2n) is 6.23. The maximum atomic E-state index is 10.1. The summed E-state index contributed by atoms with van der Waals surface area (Å²) in [6.45, 7) is 10.6. The summed E-state index contributed by atoms with van der Waals surface area (Å²) in [5.74, 6) is -0.127. The number of nitrogens with zero attached hydrogens (tertiary/aromatic N) is 1. The Balaban J connectivity index is 2.80. The lowest BCUT2D eigenvalue weighted by Crippen LogP contribution is -2.37. The molecule has 0 aliphatic carbocycles. The minimum absolute atomic E-state index is 0.0479. The van der Waals surface area contributed by atoms with E-state index < -0.39 is 0 Å². The molecule has 0 radical (unpaired) electrons. The molecule has 0 fully saturated rings. The Bertz CT molecular complexity index is 645. The van der Waals surface area contributed by atoms with Gasteiger partial charge >= 0.3 is 0 Å². The fraction of sp³-hybridized carbons (Fsp3) is 0.438. The molecule has 0 bridgehead atoms. The molecule has 0 unspecified atom stereocenters. The number of pyridine rings is 1. The second kappa shape index (κ2) is 5.17. The zero-order valence-electron chi connectivity index (χ0n) is 12.6. The minimum atomic E-state index is -0.0795. The van der Waals surface area contributed by atoms with E-state index in [9.17, 15) is 10.2 Å². The number of thioether (sulfide) groups is 1. The van der Waals surface area contributed by atoms with Gasteiger partial charge < -0.3 is 10.2 Å². The molecule has 4 heteroatoms. The Morgan fingerprint density at radius 1 is 1.15 bits per heavy atom. The molecule has 3 nitrogen and oxygen atoms in total. The number of fused-ring (bicyclic) bond motifs is 1. The summed E-state index contributed by atoms with van der Waals surface area (Å²) >= 11 is 1.76. The molecule has 0 spiro atoms. The van der Waals surface area contributed by atoms with Crippen LogP contribution in [0.15, 0.2) is 29.3 Å². The highest BCUT2D eigenvalue weighted by molar-refractivity contribution is 8.00. The zero-order chi connectivity index (χ0) is 15.1. The molecule has 0 saturated heterocycles. The van der Waals surface area contributed by atoms with Crippen LogP contribution in [0, 0.1) is 0 Å². The van der Waals surface area contributed by atoms with Gasteiger partial charge in [-0.15, -0.1) is 11.8 Å². The van der Waals surface area contributed by atoms with E-state index in [4.69, 9.17) is 0 Å². The van der Waals surface area contributed by atoms with Crippen molar-refractivity contribution in [2.24, 2.45) is 0 Å². The van der Waals surface area contributed by atoms with Gasteiger partial charge in [-0.2, -0.15) is 4.57 Å². The van der Waals surface area contributed by atoms with E-state index >= 15 is 0 Å². The lowest BCUT2D eigenvalue weighted by molar-refractivity contribution is -0.692. The highest BCUT2D eigenvalue weighted by Gasteiger charge is 2.25. The van der Waals surface area contributed by atoms with E-state index in [2.05, 4.69) is 40.7 Å². The van der Waals surface area contributed by atoms with Gasteiger partial charge in [0.25, 0.3) is 0 Å². The Labute approximate surface area is 124 Å². The number of aromatic hydroxyl groups is 2. The predicted molar refractivity (Wildman–Crippen MR) is 83.5 cm³/mol. The normalized spacial score (nSPS) is 12.3. The number of hydrogen-bond acceptors (Lipinski definition) is 3. The maximum absolute atomic E-state index is 10.1. The predicted octanol–water partition coefficient (Wildman–Crippen LogP) is 4.01. The van der Waals surface area contributed by atoms with Crippen LogP contribution in [0.5, 0.6) is 11.5 Å². The third-order valence-electron chi connectivity index (χ3n) is 2.99. The molecule has 1 aromatic heterocycles. The number of para-hydroxylation sites is 1. The van der Waals surface area contributed by atoms with Crippen molar-refractivity contribution in [2.45, 2.75) is 50.3 Å². The minimum Gasteiger partial charge on any atom is -0.504 e. The van der Waals surface area contributed by atoms with Crippen molar-refractivity contribution in [3.05, 3.63) is 24.4 Å². The molecule has 0 amide bonds. The summed E-state index contributed by atoms with van der Waals surface area (Å²) < 4.78 is 2.09. The molecule has 0 saturated carbocycles. The van der Waals surface area contributed by atoms with Crippen molar-refractivity contribution in [1.82, 2.24) is 0 Å². The number of benzene rings is 1. The SMILES string of the molecule is CC(C)[n+]1cc(O)c(O)c2cccc(SC(C)(C)C)c21. The van der Waals surface area contributed by atoms with Gasteiger partial charge in [0, 0.05) is 4.75 Å². The van der Waals surface area contributed by atoms with Gasteiger partial charge in [0.2, 0.25) is 17.5 Å². The average molecular weight is 292 g/mol. The quantitative estimate of drug-likeness (QED) is 0.649. The number of hydrogen-bond donors (Lipinski definition) is 2. The topological polar surface area (TPSA) is 44.3 Å². The summed E-state index contributed by atoms with van der Waals surface area (Å²) in [5, 5.41) is 20.7. The Morgan fingerprint density at radius 2 is 1.80 bits per heavy atom. The maximum Gasteiger partial charge on any atom is 0.230 e. The Morgan fingerprint density at radius 3 is 2.35 bits per heavy atom. The molecule has 0 atom stereocenters. The van der Waals surface area contributed by atoms with E-state index in [1.807, 2.05) is 16.7 Å². The summed E-state index contributed by atoms with van der Waals surface area (Å²) in [4.78, 5) is 1.11. The lowest BCUT2D eigenvalue weighted by Gasteiger charge is -2.18. The third kappa shape index (κ3) is 2.85. The molecule has 2 aromatic rings. The molecular weight excluding hydrogens is 270 g/mol. The molecule has 1 heterocycles. The van der Waals surface area contributed by atoms with Gasteiger partial charge in [-0.25, -0.2) is 0 Å². The molecule has 20 heavy (non-hydrogen) atoms. The first-order valence-corrected chi connectivity index (χ1v) is 7.60. The molecule has 0 aliphatic heterocycles. The number of rotatable bonds is 2. The highest BCUT2D eigenvalue weighted by Crippen LogP contribution is 2.39. The van der Waals surface area contributed by atoms with Crippen molar-refractivity contribution in [3.63, 3.8) is 0 Å². The standard InChI is InChI=1S/C16H21NO2S/c1-10(2)17-9-12(18)15(19)11-7-6-8-13(14(11)17)20-16(3,4)5/h6-10,18H,1-5H3/p+1. The van der Waals surface area contributed by atoms with Crippen LogP contribution >= 0.6 is 11.8 Å². The summed E-state index contributed by atoms with van der Waals surface area (Å²) in [7, 11) is 0. The van der Waals surface area contributed by atoms with E-state index in [-0.39, 0.29) is 22.3 Å². The van der Waals surface area contributed by atoms with Crippen LogP contribution < -0.4 is 4.57 Å². The molecule has 108 valence electrons. The number of aromatic nitrogens is 1. The van der Waals surface area contributed by atoms with Crippen molar-refractivity contribution in [3.8, 4) is 11.5 Å². The summed E-state index contributed by atoms with van der Waals surface area (Å²) in [5.41, 5.74) is 0.970. The van der Waals surface area contributed by atoms with Crippen LogP contribution in [0.25, 0.3) is 10.9 Å². The molecule has 2 rings (SSSR count). The Kier molecular flexibility index (Phi) is 3.87. The van der Waals surface area contributed by atoms with Crippen LogP contribution in [0.4, 0.5) is 0 Å². The van der Waals surface area contributed by atoms with Crippen LogP contribution in [-0.2, 0) is 0 Å². The Hall–Kier alpha value is -1.42. The summed E-state index contributed by atoms with van der Waals surface area (Å²) in [6, 6.07) is 6.02. The van der Waals surface area contributed by atoms with Crippen LogP contribution in [0.2, 0.25) is 0 Å². The molecule has 2 N–H and O–H groups in total. The highest BCUT2D eigenvalue weighted by atomic mass is 32.2. The van der Waals surface area contributed by atoms with Gasteiger partial charge in [0.1, 0.15) is 0 Å². The van der Waals surface area contributed by atoms with Crippen molar-refractivity contribution >= 4 is 22.7 Å². The first kappa shape index (κ1) is 15.0. The summed E-state index contributed by atoms with van der Waals surface area (Å²) in [6.07, 6.45) is 1.61. The fourth-order valence-electron chi connectivity index (χ4n) is 2.19. The third-order valence-corrected chi connectivity index (χ3v) is 4.15. The second-order valence-corrected chi connectivity index (χ2v) is 8.10. The van der Waals surface area contributed by atoms with Crippen LogP contribution in [-0.4, -0.2) is 15.0 Å². The first-order chi connectivity index (χ1) is 9.20. The van der Waals surface area contributed by atoms with E-state index in [0.717, 1.165) is 10.4 Å². The van der Waals surface area contributed by atoms with Gasteiger partial charge in [-0.3, -0.25) is 0 Å².